The van der Waals surface area contributed by atoms with Crippen molar-refractivity contribution < 1.29 is 4.74 Å². The highest BCUT2D eigenvalue weighted by Gasteiger charge is 2.17. The zero-order chi connectivity index (χ0) is 24.9. The number of aryl methyl sites for hydroxylation is 1. The largest absolute Gasteiger partial charge is 0.490 e. The van der Waals surface area contributed by atoms with Gasteiger partial charge in [0, 0.05) is 17.2 Å². The van der Waals surface area contributed by atoms with E-state index in [4.69, 9.17) is 4.74 Å². The Balaban J connectivity index is 1.27. The van der Waals surface area contributed by atoms with Crippen LogP contribution >= 0.6 is 0 Å². The molecule has 184 valence electrons. The molecule has 7 heteroatoms. The molecule has 5 rings (SSSR count). The quantitative estimate of drug-likeness (QED) is 0.389. The molecule has 0 N–H and O–H groups in total. The Labute approximate surface area is 211 Å². The van der Waals surface area contributed by atoms with Crippen molar-refractivity contribution in [2.24, 2.45) is 5.92 Å². The number of nitrogens with zero attached hydrogens (tertiary/aromatic N) is 5. The second kappa shape index (κ2) is 10.8. The highest BCUT2D eigenvalue weighted by atomic mass is 16.5. The molecule has 0 bridgehead atoms. The molecule has 2 aromatic heterocycles. The normalized spacial score (nSPS) is 14.6. The van der Waals surface area contributed by atoms with Crippen LogP contribution in [0.5, 0.6) is 5.75 Å². The third kappa shape index (κ3) is 5.86. The van der Waals surface area contributed by atoms with Crippen LogP contribution in [0, 0.1) is 12.8 Å². The van der Waals surface area contributed by atoms with E-state index in [1.165, 1.54) is 4.68 Å². The average Bonchev–Trinajstić information content (AvgIpc) is 2.90. The van der Waals surface area contributed by atoms with Gasteiger partial charge in [0.1, 0.15) is 0 Å². The molecule has 2 aromatic carbocycles. The minimum absolute atomic E-state index is 0.140. The van der Waals surface area contributed by atoms with Crippen molar-refractivity contribution in [3.8, 4) is 28.4 Å². The van der Waals surface area contributed by atoms with E-state index < -0.39 is 0 Å². The van der Waals surface area contributed by atoms with Gasteiger partial charge in [0.25, 0.3) is 5.56 Å². The van der Waals surface area contributed by atoms with Crippen molar-refractivity contribution in [3.05, 3.63) is 94.5 Å². The van der Waals surface area contributed by atoms with Gasteiger partial charge in [-0.2, -0.15) is 5.10 Å². The van der Waals surface area contributed by atoms with Gasteiger partial charge in [0.2, 0.25) is 0 Å². The number of hydrogen-bond donors (Lipinski definition) is 0. The third-order valence-electron chi connectivity index (χ3n) is 6.65. The maximum absolute atomic E-state index is 12.5. The molecule has 1 fully saturated rings. The van der Waals surface area contributed by atoms with Crippen molar-refractivity contribution in [1.29, 1.82) is 0 Å². The van der Waals surface area contributed by atoms with Crippen LogP contribution in [0.1, 0.15) is 24.0 Å². The third-order valence-corrected chi connectivity index (χ3v) is 6.65. The molecular formula is C29H31N5O2. The summed E-state index contributed by atoms with van der Waals surface area (Å²) in [5.41, 5.74) is 4.61. The summed E-state index contributed by atoms with van der Waals surface area (Å²) in [7, 11) is 2.16. The van der Waals surface area contributed by atoms with Crippen molar-refractivity contribution in [3.63, 3.8) is 0 Å². The second-order valence-electron chi connectivity index (χ2n) is 9.58. The van der Waals surface area contributed by atoms with Gasteiger partial charge in [-0.3, -0.25) is 4.79 Å². The molecule has 1 aliphatic heterocycles. The standard InChI is InChI=1S/C29H31N5O2/c1-21-5-3-7-24(15-21)27-9-10-28(35)34(32-27)19-23-6-4-8-25(16-23)29-30-17-26(18-31-29)36-20-22-11-13-33(2)14-12-22/h3-10,15-18,22H,11-14,19-20H2,1-2H3. The Bertz CT molecular complexity index is 1380. The summed E-state index contributed by atoms with van der Waals surface area (Å²) in [6, 6.07) is 19.4. The fourth-order valence-electron chi connectivity index (χ4n) is 4.48. The highest BCUT2D eigenvalue weighted by Crippen LogP contribution is 2.21. The van der Waals surface area contributed by atoms with Gasteiger partial charge in [-0.1, -0.05) is 42.0 Å². The summed E-state index contributed by atoms with van der Waals surface area (Å²) in [6.45, 7) is 5.36. The van der Waals surface area contributed by atoms with E-state index in [2.05, 4.69) is 33.1 Å². The monoisotopic (exact) mass is 481 g/mol. The summed E-state index contributed by atoms with van der Waals surface area (Å²) in [6.07, 6.45) is 5.80. The maximum atomic E-state index is 12.5. The topological polar surface area (TPSA) is 73.1 Å². The summed E-state index contributed by atoms with van der Waals surface area (Å²) < 4.78 is 7.45. The molecule has 0 aliphatic carbocycles. The smallest absolute Gasteiger partial charge is 0.267 e. The SMILES string of the molecule is Cc1cccc(-c2ccc(=O)n(Cc3cccc(-c4ncc(OCC5CCN(C)CC5)cn4)c3)n2)c1. The average molecular weight is 482 g/mol. The van der Waals surface area contributed by atoms with Crippen LogP contribution in [0.4, 0.5) is 0 Å². The van der Waals surface area contributed by atoms with Crippen LogP contribution in [0.2, 0.25) is 0 Å². The fraction of sp³-hybridized carbons (Fsp3) is 0.310. The Morgan fingerprint density at radius 1 is 0.944 bits per heavy atom. The minimum Gasteiger partial charge on any atom is -0.490 e. The zero-order valence-corrected chi connectivity index (χ0v) is 20.8. The molecule has 0 amide bonds. The lowest BCUT2D eigenvalue weighted by molar-refractivity contribution is 0.159. The van der Waals surface area contributed by atoms with E-state index in [0.29, 0.717) is 30.6 Å². The first-order valence-electron chi connectivity index (χ1n) is 12.4. The zero-order valence-electron chi connectivity index (χ0n) is 20.8. The molecular weight excluding hydrogens is 450 g/mol. The van der Waals surface area contributed by atoms with E-state index in [9.17, 15) is 4.79 Å². The molecule has 1 saturated heterocycles. The van der Waals surface area contributed by atoms with E-state index >= 15 is 0 Å². The van der Waals surface area contributed by atoms with Crippen LogP contribution in [0.15, 0.2) is 77.9 Å². The summed E-state index contributed by atoms with van der Waals surface area (Å²) in [4.78, 5) is 23.9. The molecule has 0 saturated carbocycles. The predicted molar refractivity (Wildman–Crippen MR) is 141 cm³/mol. The number of likely N-dealkylation sites (tertiary alicyclic amines) is 1. The first-order valence-corrected chi connectivity index (χ1v) is 12.4. The van der Waals surface area contributed by atoms with Gasteiger partial charge in [-0.05, 0) is 69.6 Å². The maximum Gasteiger partial charge on any atom is 0.267 e. The molecule has 36 heavy (non-hydrogen) atoms. The lowest BCUT2D eigenvalue weighted by atomic mass is 9.98. The second-order valence-corrected chi connectivity index (χ2v) is 9.58. The molecule has 7 nitrogen and oxygen atoms in total. The van der Waals surface area contributed by atoms with Gasteiger partial charge >= 0.3 is 0 Å². The minimum atomic E-state index is -0.140. The molecule has 0 radical (unpaired) electrons. The Hall–Kier alpha value is -3.84. The number of rotatable bonds is 7. The summed E-state index contributed by atoms with van der Waals surface area (Å²) in [5, 5.41) is 4.61. The summed E-state index contributed by atoms with van der Waals surface area (Å²) in [5.74, 6) is 1.90. The van der Waals surface area contributed by atoms with Gasteiger partial charge in [-0.15, -0.1) is 0 Å². The Morgan fingerprint density at radius 2 is 1.69 bits per heavy atom. The van der Waals surface area contributed by atoms with E-state index in [0.717, 1.165) is 53.9 Å². The molecule has 0 atom stereocenters. The van der Waals surface area contributed by atoms with E-state index in [-0.39, 0.29) is 5.56 Å². The molecule has 3 heterocycles. The number of piperidine rings is 1. The molecule has 0 spiro atoms. The first kappa shape index (κ1) is 23.9. The number of hydrogen-bond acceptors (Lipinski definition) is 6. The van der Waals surface area contributed by atoms with Crippen LogP contribution in [-0.2, 0) is 6.54 Å². The van der Waals surface area contributed by atoms with Crippen LogP contribution in [-0.4, -0.2) is 51.4 Å². The van der Waals surface area contributed by atoms with Crippen LogP contribution < -0.4 is 10.3 Å². The Kier molecular flexibility index (Phi) is 7.18. The Morgan fingerprint density at radius 3 is 2.47 bits per heavy atom. The highest BCUT2D eigenvalue weighted by molar-refractivity contribution is 5.59. The van der Waals surface area contributed by atoms with Crippen LogP contribution in [0.25, 0.3) is 22.6 Å². The number of ether oxygens (including phenoxy) is 1. The predicted octanol–water partition coefficient (Wildman–Crippen LogP) is 4.44. The van der Waals surface area contributed by atoms with Crippen molar-refractivity contribution >= 4 is 0 Å². The molecule has 0 unspecified atom stereocenters. The summed E-state index contributed by atoms with van der Waals surface area (Å²) >= 11 is 0. The van der Waals surface area contributed by atoms with E-state index in [1.54, 1.807) is 24.5 Å². The first-order chi connectivity index (χ1) is 17.5. The lowest BCUT2D eigenvalue weighted by Gasteiger charge is -2.28. The van der Waals surface area contributed by atoms with Crippen molar-refractivity contribution in [2.75, 3.05) is 26.7 Å². The van der Waals surface area contributed by atoms with Gasteiger partial charge in [-0.25, -0.2) is 14.6 Å². The van der Waals surface area contributed by atoms with Gasteiger partial charge in [0.15, 0.2) is 11.6 Å². The van der Waals surface area contributed by atoms with E-state index in [1.807, 2.05) is 49.4 Å². The van der Waals surface area contributed by atoms with Gasteiger partial charge < -0.3 is 9.64 Å². The number of aromatic nitrogens is 4. The molecule has 1 aliphatic rings. The van der Waals surface area contributed by atoms with Crippen molar-refractivity contribution in [1.82, 2.24) is 24.6 Å². The van der Waals surface area contributed by atoms with Crippen molar-refractivity contribution in [2.45, 2.75) is 26.3 Å². The lowest BCUT2D eigenvalue weighted by Crippen LogP contribution is -2.32. The van der Waals surface area contributed by atoms with Crippen LogP contribution in [0.3, 0.4) is 0 Å². The fourth-order valence-corrected chi connectivity index (χ4v) is 4.48. The number of benzene rings is 2. The molecule has 4 aromatic rings. The van der Waals surface area contributed by atoms with Gasteiger partial charge in [0.05, 0.1) is 31.2 Å².